The Bertz CT molecular complexity index is 547. The van der Waals surface area contributed by atoms with Crippen molar-refractivity contribution in [2.45, 2.75) is 19.8 Å². The molecule has 0 heterocycles. The van der Waals surface area contributed by atoms with Gasteiger partial charge >= 0.3 is 0 Å². The second kappa shape index (κ2) is 5.17. The minimum absolute atomic E-state index is 0.368. The second-order valence-corrected chi connectivity index (χ2v) is 4.28. The summed E-state index contributed by atoms with van der Waals surface area (Å²) in [6.45, 7) is 1.80. The molecule has 0 atom stereocenters. The van der Waals surface area contributed by atoms with Gasteiger partial charge < -0.3 is 5.73 Å². The highest BCUT2D eigenvalue weighted by Crippen LogP contribution is 2.20. The molecule has 0 bridgehead atoms. The topological polar surface area (TPSA) is 26.0 Å². The van der Waals surface area contributed by atoms with Gasteiger partial charge in [-0.1, -0.05) is 31.2 Å². The zero-order chi connectivity index (χ0) is 13.1. The standard InChI is InChI=1S/C15H15F2N/c1-2-11-5-6-12(15(17)14(11)16)9-10-3-7-13(18)8-4-10/h3-8H,2,9,18H2,1H3. The number of halogens is 2. The molecule has 18 heavy (non-hydrogen) atoms. The fraction of sp³-hybridized carbons (Fsp3) is 0.200. The van der Waals surface area contributed by atoms with E-state index in [4.69, 9.17) is 5.73 Å². The van der Waals surface area contributed by atoms with E-state index in [1.54, 1.807) is 31.2 Å². The van der Waals surface area contributed by atoms with Gasteiger partial charge in [-0.25, -0.2) is 8.78 Å². The van der Waals surface area contributed by atoms with Gasteiger partial charge in [0.25, 0.3) is 0 Å². The van der Waals surface area contributed by atoms with Crippen LogP contribution in [0.15, 0.2) is 36.4 Å². The van der Waals surface area contributed by atoms with E-state index in [1.165, 1.54) is 0 Å². The number of anilines is 1. The van der Waals surface area contributed by atoms with Crippen molar-refractivity contribution >= 4 is 5.69 Å². The zero-order valence-electron chi connectivity index (χ0n) is 10.2. The van der Waals surface area contributed by atoms with E-state index < -0.39 is 11.6 Å². The molecule has 0 aliphatic rings. The van der Waals surface area contributed by atoms with Gasteiger partial charge in [0.05, 0.1) is 0 Å². The van der Waals surface area contributed by atoms with Crippen LogP contribution in [0.25, 0.3) is 0 Å². The van der Waals surface area contributed by atoms with Crippen LogP contribution in [-0.4, -0.2) is 0 Å². The summed E-state index contributed by atoms with van der Waals surface area (Å²) in [6.07, 6.45) is 0.859. The van der Waals surface area contributed by atoms with E-state index in [1.807, 2.05) is 12.1 Å². The van der Waals surface area contributed by atoms with Crippen molar-refractivity contribution in [3.8, 4) is 0 Å². The summed E-state index contributed by atoms with van der Waals surface area (Å²) in [5, 5.41) is 0. The lowest BCUT2D eigenvalue weighted by Gasteiger charge is -2.07. The van der Waals surface area contributed by atoms with E-state index in [9.17, 15) is 8.78 Å². The van der Waals surface area contributed by atoms with Gasteiger partial charge in [-0.2, -0.15) is 0 Å². The van der Waals surface area contributed by atoms with Crippen LogP contribution < -0.4 is 5.73 Å². The smallest absolute Gasteiger partial charge is 0.162 e. The lowest BCUT2D eigenvalue weighted by Crippen LogP contribution is -2.00. The lowest BCUT2D eigenvalue weighted by molar-refractivity contribution is 0.492. The molecule has 0 amide bonds. The van der Waals surface area contributed by atoms with Gasteiger partial charge in [-0.3, -0.25) is 0 Å². The van der Waals surface area contributed by atoms with E-state index in [0.717, 1.165) is 5.56 Å². The van der Waals surface area contributed by atoms with Gasteiger partial charge in [0, 0.05) is 12.1 Å². The second-order valence-electron chi connectivity index (χ2n) is 4.28. The Hall–Kier alpha value is -1.90. The number of rotatable bonds is 3. The van der Waals surface area contributed by atoms with Gasteiger partial charge in [0.2, 0.25) is 0 Å². The molecule has 0 aliphatic heterocycles. The summed E-state index contributed by atoms with van der Waals surface area (Å²) in [5.74, 6) is -1.48. The van der Waals surface area contributed by atoms with E-state index in [0.29, 0.717) is 29.7 Å². The van der Waals surface area contributed by atoms with Crippen molar-refractivity contribution in [2.75, 3.05) is 5.73 Å². The number of hydrogen-bond acceptors (Lipinski definition) is 1. The Morgan fingerprint density at radius 3 is 2.06 bits per heavy atom. The lowest BCUT2D eigenvalue weighted by atomic mass is 10.0. The average Bonchev–Trinajstić information content (AvgIpc) is 2.38. The number of nitrogens with two attached hydrogens (primary N) is 1. The molecule has 0 radical (unpaired) electrons. The first-order chi connectivity index (χ1) is 8.61. The Morgan fingerprint density at radius 2 is 1.44 bits per heavy atom. The first kappa shape index (κ1) is 12.6. The van der Waals surface area contributed by atoms with Crippen LogP contribution in [0.1, 0.15) is 23.6 Å². The predicted molar refractivity (Wildman–Crippen MR) is 69.4 cm³/mol. The Kier molecular flexibility index (Phi) is 3.60. The molecule has 2 rings (SSSR count). The van der Waals surface area contributed by atoms with Crippen molar-refractivity contribution in [3.05, 3.63) is 64.7 Å². The largest absolute Gasteiger partial charge is 0.399 e. The van der Waals surface area contributed by atoms with Crippen LogP contribution in [0.3, 0.4) is 0 Å². The van der Waals surface area contributed by atoms with Crippen molar-refractivity contribution in [2.24, 2.45) is 0 Å². The Balaban J connectivity index is 2.29. The molecular formula is C15H15F2N. The molecular weight excluding hydrogens is 232 g/mol. The highest BCUT2D eigenvalue weighted by atomic mass is 19.2. The average molecular weight is 247 g/mol. The van der Waals surface area contributed by atoms with Gasteiger partial charge in [0.1, 0.15) is 0 Å². The third-order valence-electron chi connectivity index (χ3n) is 3.00. The van der Waals surface area contributed by atoms with Crippen LogP contribution >= 0.6 is 0 Å². The highest BCUT2D eigenvalue weighted by molar-refractivity contribution is 5.41. The third kappa shape index (κ3) is 2.50. The van der Waals surface area contributed by atoms with E-state index in [-0.39, 0.29) is 0 Å². The molecule has 0 saturated carbocycles. The fourth-order valence-electron chi connectivity index (χ4n) is 1.89. The molecule has 94 valence electrons. The maximum Gasteiger partial charge on any atom is 0.162 e. The summed E-state index contributed by atoms with van der Waals surface area (Å²) in [4.78, 5) is 0. The zero-order valence-corrected chi connectivity index (χ0v) is 10.2. The Morgan fingerprint density at radius 1 is 0.889 bits per heavy atom. The SMILES string of the molecule is CCc1ccc(Cc2ccc(N)cc2)c(F)c1F. The van der Waals surface area contributed by atoms with Crippen LogP contribution in [0.5, 0.6) is 0 Å². The molecule has 0 unspecified atom stereocenters. The fourth-order valence-corrected chi connectivity index (χ4v) is 1.89. The number of hydrogen-bond donors (Lipinski definition) is 1. The number of aryl methyl sites for hydroxylation is 1. The molecule has 3 heteroatoms. The first-order valence-electron chi connectivity index (χ1n) is 5.92. The molecule has 0 aliphatic carbocycles. The van der Waals surface area contributed by atoms with Crippen LogP contribution in [0.4, 0.5) is 14.5 Å². The Labute approximate surface area is 105 Å². The van der Waals surface area contributed by atoms with Crippen LogP contribution in [-0.2, 0) is 12.8 Å². The minimum Gasteiger partial charge on any atom is -0.399 e. The molecule has 0 spiro atoms. The molecule has 2 N–H and O–H groups in total. The number of nitrogen functional groups attached to an aromatic ring is 1. The normalized spacial score (nSPS) is 10.6. The third-order valence-corrected chi connectivity index (χ3v) is 3.00. The molecule has 0 saturated heterocycles. The summed E-state index contributed by atoms with van der Waals surface area (Å²) in [6, 6.07) is 10.4. The minimum atomic E-state index is -0.744. The van der Waals surface area contributed by atoms with E-state index >= 15 is 0 Å². The van der Waals surface area contributed by atoms with Crippen LogP contribution in [0, 0.1) is 11.6 Å². The predicted octanol–water partition coefficient (Wildman–Crippen LogP) is 3.70. The highest BCUT2D eigenvalue weighted by Gasteiger charge is 2.12. The van der Waals surface area contributed by atoms with Crippen molar-refractivity contribution in [3.63, 3.8) is 0 Å². The van der Waals surface area contributed by atoms with Gasteiger partial charge in [-0.05, 0) is 35.2 Å². The van der Waals surface area contributed by atoms with Crippen LogP contribution in [0.2, 0.25) is 0 Å². The summed E-state index contributed by atoms with van der Waals surface area (Å²) < 4.78 is 27.4. The van der Waals surface area contributed by atoms with E-state index in [2.05, 4.69) is 0 Å². The summed E-state index contributed by atoms with van der Waals surface area (Å²) in [7, 11) is 0. The molecule has 0 fully saturated rings. The molecule has 0 aromatic heterocycles. The van der Waals surface area contributed by atoms with Crippen molar-refractivity contribution in [1.82, 2.24) is 0 Å². The molecule has 1 nitrogen and oxygen atoms in total. The molecule has 2 aromatic carbocycles. The van der Waals surface area contributed by atoms with Gasteiger partial charge in [-0.15, -0.1) is 0 Å². The monoisotopic (exact) mass is 247 g/mol. The maximum atomic E-state index is 13.8. The van der Waals surface area contributed by atoms with Crippen molar-refractivity contribution in [1.29, 1.82) is 0 Å². The summed E-state index contributed by atoms with van der Waals surface area (Å²) in [5.41, 5.74) is 7.93. The molecule has 2 aromatic rings. The van der Waals surface area contributed by atoms with Crippen molar-refractivity contribution < 1.29 is 8.78 Å². The summed E-state index contributed by atoms with van der Waals surface area (Å²) >= 11 is 0. The van der Waals surface area contributed by atoms with Gasteiger partial charge in [0.15, 0.2) is 11.6 Å². The first-order valence-corrected chi connectivity index (χ1v) is 5.92. The maximum absolute atomic E-state index is 13.8. The number of benzene rings is 2. The quantitative estimate of drug-likeness (QED) is 0.822.